The summed E-state index contributed by atoms with van der Waals surface area (Å²) in [5.41, 5.74) is 3.32. The number of nitrogens with one attached hydrogen (secondary N) is 2. The van der Waals surface area contributed by atoms with Crippen LogP contribution in [0.5, 0.6) is 0 Å². The third-order valence-electron chi connectivity index (χ3n) is 4.31. The van der Waals surface area contributed by atoms with Gasteiger partial charge < -0.3 is 10.6 Å². The lowest BCUT2D eigenvalue weighted by atomic mass is 10.2. The first-order chi connectivity index (χ1) is 14.7. The molecule has 2 amide bonds. The Morgan fingerprint density at radius 1 is 0.833 bits per heavy atom. The molecule has 0 aliphatic carbocycles. The zero-order chi connectivity index (χ0) is 20.8. The van der Waals surface area contributed by atoms with Crippen LogP contribution in [-0.2, 0) is 17.6 Å². The molecule has 0 saturated carbocycles. The number of hydrogen-bond acceptors (Lipinski definition) is 5. The summed E-state index contributed by atoms with van der Waals surface area (Å²) in [5.74, 6) is -0.265. The largest absolute Gasteiger partial charge is 0.326 e. The summed E-state index contributed by atoms with van der Waals surface area (Å²) in [4.78, 5) is 29.7. The standard InChI is InChI=1S/C23H19N3O2S2/c27-21(14-19-15-30-22(25-19)13-16-5-2-1-3-6-16)24-17-8-10-18(11-9-17)26-23(28)20-7-4-12-29-20/h1-12,15H,13-14H2,(H,24,27)(H,26,28). The third kappa shape index (κ3) is 5.40. The summed E-state index contributed by atoms with van der Waals surface area (Å²) in [6.07, 6.45) is 0.994. The number of carbonyl (C=O) groups is 2. The first-order valence-electron chi connectivity index (χ1n) is 9.38. The second-order valence-corrected chi connectivity index (χ2v) is 8.52. The Morgan fingerprint density at radius 2 is 1.57 bits per heavy atom. The molecule has 2 heterocycles. The lowest BCUT2D eigenvalue weighted by molar-refractivity contribution is -0.115. The zero-order valence-corrected chi connectivity index (χ0v) is 17.6. The number of carbonyl (C=O) groups excluding carboxylic acids is 2. The topological polar surface area (TPSA) is 71.1 Å². The van der Waals surface area contributed by atoms with Gasteiger partial charge in [0.25, 0.3) is 5.91 Å². The van der Waals surface area contributed by atoms with Gasteiger partial charge >= 0.3 is 0 Å². The quantitative estimate of drug-likeness (QED) is 0.419. The summed E-state index contributed by atoms with van der Waals surface area (Å²) >= 11 is 2.96. The number of thiophene rings is 1. The maximum Gasteiger partial charge on any atom is 0.265 e. The van der Waals surface area contributed by atoms with E-state index >= 15 is 0 Å². The van der Waals surface area contributed by atoms with Crippen molar-refractivity contribution in [2.75, 3.05) is 10.6 Å². The van der Waals surface area contributed by atoms with E-state index in [0.717, 1.165) is 17.1 Å². The molecule has 0 atom stereocenters. The van der Waals surface area contributed by atoms with Crippen LogP contribution in [-0.4, -0.2) is 16.8 Å². The van der Waals surface area contributed by atoms with Gasteiger partial charge in [-0.15, -0.1) is 22.7 Å². The van der Waals surface area contributed by atoms with Gasteiger partial charge in [-0.2, -0.15) is 0 Å². The fourth-order valence-corrected chi connectivity index (χ4v) is 4.34. The maximum absolute atomic E-state index is 12.4. The van der Waals surface area contributed by atoms with Gasteiger partial charge in [0.1, 0.15) is 0 Å². The number of anilines is 2. The smallest absolute Gasteiger partial charge is 0.265 e. The summed E-state index contributed by atoms with van der Waals surface area (Å²) in [5, 5.41) is 10.5. The van der Waals surface area contributed by atoms with Crippen molar-refractivity contribution in [3.63, 3.8) is 0 Å². The second-order valence-electron chi connectivity index (χ2n) is 6.63. The average molecular weight is 434 g/mol. The van der Waals surface area contributed by atoms with E-state index in [1.54, 1.807) is 41.7 Å². The molecule has 150 valence electrons. The average Bonchev–Trinajstić information content (AvgIpc) is 3.43. The van der Waals surface area contributed by atoms with Gasteiger partial charge in [-0.3, -0.25) is 9.59 Å². The normalized spacial score (nSPS) is 10.5. The predicted molar refractivity (Wildman–Crippen MR) is 122 cm³/mol. The van der Waals surface area contributed by atoms with E-state index in [0.29, 0.717) is 16.3 Å². The molecule has 5 nitrogen and oxygen atoms in total. The van der Waals surface area contributed by atoms with Gasteiger partial charge in [-0.1, -0.05) is 36.4 Å². The number of hydrogen-bond donors (Lipinski definition) is 2. The van der Waals surface area contributed by atoms with Crippen molar-refractivity contribution in [2.24, 2.45) is 0 Å². The van der Waals surface area contributed by atoms with E-state index in [4.69, 9.17) is 0 Å². The Morgan fingerprint density at radius 3 is 2.27 bits per heavy atom. The highest BCUT2D eigenvalue weighted by atomic mass is 32.1. The summed E-state index contributed by atoms with van der Waals surface area (Å²) < 4.78 is 0. The van der Waals surface area contributed by atoms with Crippen molar-refractivity contribution in [1.29, 1.82) is 0 Å². The molecule has 2 N–H and O–H groups in total. The predicted octanol–water partition coefficient (Wildman–Crippen LogP) is 5.23. The molecular weight excluding hydrogens is 414 g/mol. The molecule has 7 heteroatoms. The van der Waals surface area contributed by atoms with E-state index in [2.05, 4.69) is 27.8 Å². The van der Waals surface area contributed by atoms with Crippen molar-refractivity contribution < 1.29 is 9.59 Å². The molecule has 0 aliphatic rings. The van der Waals surface area contributed by atoms with E-state index < -0.39 is 0 Å². The molecule has 0 spiro atoms. The van der Waals surface area contributed by atoms with Crippen molar-refractivity contribution in [3.8, 4) is 0 Å². The monoisotopic (exact) mass is 433 g/mol. The van der Waals surface area contributed by atoms with Crippen LogP contribution >= 0.6 is 22.7 Å². The fourth-order valence-electron chi connectivity index (χ4n) is 2.89. The number of rotatable bonds is 7. The molecule has 0 bridgehead atoms. The highest BCUT2D eigenvalue weighted by molar-refractivity contribution is 7.12. The number of thiazole rings is 1. The Bertz CT molecular complexity index is 1120. The third-order valence-corrected chi connectivity index (χ3v) is 6.08. The Labute approximate surface area is 182 Å². The number of nitrogens with zero attached hydrogens (tertiary/aromatic N) is 1. The molecule has 4 aromatic rings. The summed E-state index contributed by atoms with van der Waals surface area (Å²) in [7, 11) is 0. The first kappa shape index (κ1) is 20.0. The van der Waals surface area contributed by atoms with Crippen molar-refractivity contribution in [3.05, 3.63) is 98.6 Å². The van der Waals surface area contributed by atoms with Crippen molar-refractivity contribution in [1.82, 2.24) is 4.98 Å². The Kier molecular flexibility index (Phi) is 6.32. The van der Waals surface area contributed by atoms with Crippen LogP contribution in [0, 0.1) is 0 Å². The molecular formula is C23H19N3O2S2. The Balaban J connectivity index is 1.29. The van der Waals surface area contributed by atoms with Gasteiger partial charge in [0.05, 0.1) is 22.0 Å². The van der Waals surface area contributed by atoms with Gasteiger partial charge in [-0.25, -0.2) is 4.98 Å². The van der Waals surface area contributed by atoms with Gasteiger partial charge in [-0.05, 0) is 41.3 Å². The molecule has 2 aromatic heterocycles. The van der Waals surface area contributed by atoms with E-state index in [-0.39, 0.29) is 18.2 Å². The fraction of sp³-hybridized carbons (Fsp3) is 0.0870. The van der Waals surface area contributed by atoms with Crippen LogP contribution in [0.1, 0.15) is 25.9 Å². The maximum atomic E-state index is 12.4. The number of benzene rings is 2. The summed E-state index contributed by atoms with van der Waals surface area (Å²) in [6.45, 7) is 0. The van der Waals surface area contributed by atoms with Crippen LogP contribution in [0.4, 0.5) is 11.4 Å². The van der Waals surface area contributed by atoms with Crippen molar-refractivity contribution in [2.45, 2.75) is 12.8 Å². The van der Waals surface area contributed by atoms with Gasteiger partial charge in [0.2, 0.25) is 5.91 Å². The van der Waals surface area contributed by atoms with Crippen LogP contribution in [0.3, 0.4) is 0 Å². The van der Waals surface area contributed by atoms with Crippen LogP contribution < -0.4 is 10.6 Å². The molecule has 4 rings (SSSR count). The highest BCUT2D eigenvalue weighted by Gasteiger charge is 2.10. The van der Waals surface area contributed by atoms with Crippen LogP contribution in [0.2, 0.25) is 0 Å². The first-order valence-corrected chi connectivity index (χ1v) is 11.1. The second kappa shape index (κ2) is 9.47. The molecule has 0 fully saturated rings. The molecule has 2 aromatic carbocycles. The lowest BCUT2D eigenvalue weighted by Crippen LogP contribution is -2.15. The molecule has 0 aliphatic heterocycles. The van der Waals surface area contributed by atoms with Crippen LogP contribution in [0.15, 0.2) is 77.5 Å². The van der Waals surface area contributed by atoms with Gasteiger partial charge in [0, 0.05) is 23.2 Å². The molecule has 30 heavy (non-hydrogen) atoms. The highest BCUT2D eigenvalue weighted by Crippen LogP contribution is 2.18. The summed E-state index contributed by atoms with van der Waals surface area (Å²) in [6, 6.07) is 20.8. The van der Waals surface area contributed by atoms with E-state index in [1.807, 2.05) is 35.0 Å². The van der Waals surface area contributed by atoms with E-state index in [1.165, 1.54) is 16.9 Å². The lowest BCUT2D eigenvalue weighted by Gasteiger charge is -2.07. The minimum absolute atomic E-state index is 0.123. The van der Waals surface area contributed by atoms with Gasteiger partial charge in [0.15, 0.2) is 0 Å². The molecule has 0 unspecified atom stereocenters. The number of aromatic nitrogens is 1. The number of amides is 2. The minimum atomic E-state index is -0.142. The minimum Gasteiger partial charge on any atom is -0.326 e. The molecule has 0 saturated heterocycles. The SMILES string of the molecule is O=C(Cc1csc(Cc2ccccc2)n1)Nc1ccc(NC(=O)c2cccs2)cc1. The van der Waals surface area contributed by atoms with E-state index in [9.17, 15) is 9.59 Å². The zero-order valence-electron chi connectivity index (χ0n) is 16.0. The van der Waals surface area contributed by atoms with Crippen molar-refractivity contribution >= 4 is 45.9 Å². The Hall–Kier alpha value is -3.29. The van der Waals surface area contributed by atoms with Crippen LogP contribution in [0.25, 0.3) is 0 Å². The molecule has 0 radical (unpaired) electrons.